The Hall–Kier alpha value is -2.92. The average molecular weight is 350 g/mol. The van der Waals surface area contributed by atoms with Gasteiger partial charge in [0.1, 0.15) is 0 Å². The molecule has 1 unspecified atom stereocenters. The second kappa shape index (κ2) is 7.97. The van der Waals surface area contributed by atoms with E-state index in [1.165, 1.54) is 5.56 Å². The molecule has 134 valence electrons. The molecule has 0 bridgehead atoms. The molecule has 5 heteroatoms. The minimum atomic E-state index is -0.180. The Balaban J connectivity index is 1.88. The van der Waals surface area contributed by atoms with Crippen molar-refractivity contribution in [1.29, 1.82) is 0 Å². The molecule has 1 N–H and O–H groups in total. The van der Waals surface area contributed by atoms with Crippen molar-refractivity contribution in [3.05, 3.63) is 65.9 Å². The smallest absolute Gasteiger partial charge is 0.252 e. The number of carbonyl (C=O) groups is 1. The van der Waals surface area contributed by atoms with Crippen molar-refractivity contribution in [2.75, 3.05) is 13.7 Å². The number of benzene rings is 2. The van der Waals surface area contributed by atoms with Crippen molar-refractivity contribution in [2.45, 2.75) is 19.9 Å². The van der Waals surface area contributed by atoms with E-state index in [2.05, 4.69) is 10.3 Å². The van der Waals surface area contributed by atoms with Crippen LogP contribution in [0.2, 0.25) is 0 Å². The maximum atomic E-state index is 12.6. The Morgan fingerprint density at radius 1 is 1.19 bits per heavy atom. The van der Waals surface area contributed by atoms with Crippen molar-refractivity contribution in [1.82, 2.24) is 10.3 Å². The molecule has 26 heavy (non-hydrogen) atoms. The predicted molar refractivity (Wildman–Crippen MR) is 101 cm³/mol. The van der Waals surface area contributed by atoms with E-state index in [1.54, 1.807) is 19.4 Å². The highest BCUT2D eigenvalue weighted by Gasteiger charge is 2.18. The Bertz CT molecular complexity index is 884. The summed E-state index contributed by atoms with van der Waals surface area (Å²) in [5.41, 5.74) is 3.31. The number of aryl methyl sites for hydroxylation is 1. The van der Waals surface area contributed by atoms with Gasteiger partial charge >= 0.3 is 0 Å². The molecule has 3 rings (SSSR count). The molecule has 0 saturated carbocycles. The molecular formula is C21H22N2O3. The molecule has 1 amide bonds. The van der Waals surface area contributed by atoms with Gasteiger partial charge in [0.2, 0.25) is 5.89 Å². The summed E-state index contributed by atoms with van der Waals surface area (Å²) in [7, 11) is 1.61. The normalized spacial score (nSPS) is 12.0. The minimum absolute atomic E-state index is 0.0896. The molecule has 1 heterocycles. The van der Waals surface area contributed by atoms with Crippen molar-refractivity contribution in [3.63, 3.8) is 0 Å². The highest BCUT2D eigenvalue weighted by molar-refractivity contribution is 6.00. The zero-order valence-corrected chi connectivity index (χ0v) is 15.2. The third kappa shape index (κ3) is 4.00. The van der Waals surface area contributed by atoms with Crippen molar-refractivity contribution in [2.24, 2.45) is 0 Å². The van der Waals surface area contributed by atoms with Gasteiger partial charge in [-0.05, 0) is 26.0 Å². The van der Waals surface area contributed by atoms with Crippen LogP contribution in [0.5, 0.6) is 0 Å². The molecule has 1 aromatic heterocycles. The average Bonchev–Trinajstić information content (AvgIpc) is 3.12. The molecule has 3 aromatic rings. The van der Waals surface area contributed by atoms with Crippen LogP contribution in [-0.2, 0) is 4.74 Å². The quantitative estimate of drug-likeness (QED) is 0.727. The number of oxazole rings is 1. The van der Waals surface area contributed by atoms with Crippen molar-refractivity contribution < 1.29 is 13.9 Å². The van der Waals surface area contributed by atoms with Crippen LogP contribution in [0, 0.1) is 6.92 Å². The van der Waals surface area contributed by atoms with Gasteiger partial charge in [-0.3, -0.25) is 4.79 Å². The van der Waals surface area contributed by atoms with Crippen LogP contribution >= 0.6 is 0 Å². The van der Waals surface area contributed by atoms with E-state index < -0.39 is 0 Å². The van der Waals surface area contributed by atoms with E-state index >= 15 is 0 Å². The lowest BCUT2D eigenvalue weighted by atomic mass is 10.1. The lowest BCUT2D eigenvalue weighted by Gasteiger charge is -2.14. The lowest BCUT2D eigenvalue weighted by molar-refractivity contribution is 0.0906. The van der Waals surface area contributed by atoms with Gasteiger partial charge < -0.3 is 14.5 Å². The fraction of sp³-hybridized carbons (Fsp3) is 0.238. The SMILES string of the molecule is COCC(C)NC(=O)c1ccccc1-c1ncc(-c2ccc(C)cc2)o1. The van der Waals surface area contributed by atoms with Gasteiger partial charge in [0.15, 0.2) is 5.76 Å². The zero-order valence-electron chi connectivity index (χ0n) is 15.2. The van der Waals surface area contributed by atoms with E-state index in [-0.39, 0.29) is 11.9 Å². The van der Waals surface area contributed by atoms with Gasteiger partial charge in [0, 0.05) is 24.3 Å². The van der Waals surface area contributed by atoms with Gasteiger partial charge in [-0.15, -0.1) is 0 Å². The van der Waals surface area contributed by atoms with E-state index in [0.717, 1.165) is 5.56 Å². The molecule has 5 nitrogen and oxygen atoms in total. The second-order valence-electron chi connectivity index (χ2n) is 6.27. The molecule has 1 atom stereocenters. The molecule has 0 spiro atoms. The Morgan fingerprint density at radius 2 is 1.92 bits per heavy atom. The number of nitrogens with zero attached hydrogens (tertiary/aromatic N) is 1. The lowest BCUT2D eigenvalue weighted by Crippen LogP contribution is -2.35. The summed E-state index contributed by atoms with van der Waals surface area (Å²) in [5.74, 6) is 0.911. The first-order valence-corrected chi connectivity index (χ1v) is 8.50. The predicted octanol–water partition coefficient (Wildman–Crippen LogP) is 4.08. The summed E-state index contributed by atoms with van der Waals surface area (Å²) in [6, 6.07) is 15.2. The number of methoxy groups -OCH3 is 1. The molecule has 0 fully saturated rings. The Morgan fingerprint density at radius 3 is 2.65 bits per heavy atom. The fourth-order valence-corrected chi connectivity index (χ4v) is 2.71. The molecular weight excluding hydrogens is 328 g/mol. The number of aromatic nitrogens is 1. The largest absolute Gasteiger partial charge is 0.436 e. The summed E-state index contributed by atoms with van der Waals surface area (Å²) in [6.07, 6.45) is 1.68. The second-order valence-corrected chi connectivity index (χ2v) is 6.27. The summed E-state index contributed by atoms with van der Waals surface area (Å²) in [4.78, 5) is 17.0. The van der Waals surface area contributed by atoms with Gasteiger partial charge in [-0.1, -0.05) is 42.0 Å². The summed E-state index contributed by atoms with van der Waals surface area (Å²) < 4.78 is 11.0. The topological polar surface area (TPSA) is 64.4 Å². The van der Waals surface area contributed by atoms with E-state index in [1.807, 2.05) is 56.3 Å². The standard InChI is InChI=1S/C21H22N2O3/c1-14-8-10-16(11-9-14)19-12-22-21(26-19)18-7-5-4-6-17(18)20(24)23-15(2)13-25-3/h4-12,15H,13H2,1-3H3,(H,23,24). The Kier molecular flexibility index (Phi) is 5.49. The van der Waals surface area contributed by atoms with Crippen LogP contribution in [0.1, 0.15) is 22.8 Å². The number of ether oxygens (including phenoxy) is 1. The third-order valence-corrected chi connectivity index (χ3v) is 4.04. The number of nitrogens with one attached hydrogen (secondary N) is 1. The maximum Gasteiger partial charge on any atom is 0.252 e. The van der Waals surface area contributed by atoms with E-state index in [4.69, 9.17) is 9.15 Å². The first-order chi connectivity index (χ1) is 12.6. The molecule has 0 saturated heterocycles. The van der Waals surface area contributed by atoms with Crippen LogP contribution in [-0.4, -0.2) is 30.6 Å². The van der Waals surface area contributed by atoms with Crippen molar-refractivity contribution in [3.8, 4) is 22.8 Å². The van der Waals surface area contributed by atoms with Gasteiger partial charge in [-0.2, -0.15) is 0 Å². The number of hydrogen-bond donors (Lipinski definition) is 1. The zero-order chi connectivity index (χ0) is 18.5. The van der Waals surface area contributed by atoms with Gasteiger partial charge in [-0.25, -0.2) is 4.98 Å². The van der Waals surface area contributed by atoms with Crippen LogP contribution in [0.25, 0.3) is 22.8 Å². The number of rotatable bonds is 6. The van der Waals surface area contributed by atoms with E-state index in [0.29, 0.717) is 29.4 Å². The molecule has 2 aromatic carbocycles. The molecule has 0 aliphatic rings. The van der Waals surface area contributed by atoms with Crippen LogP contribution in [0.15, 0.2) is 59.1 Å². The van der Waals surface area contributed by atoms with Crippen LogP contribution < -0.4 is 5.32 Å². The summed E-state index contributed by atoms with van der Waals surface area (Å²) in [5, 5.41) is 2.92. The first-order valence-electron chi connectivity index (χ1n) is 8.50. The molecule has 0 radical (unpaired) electrons. The molecule has 0 aliphatic carbocycles. The Labute approximate surface area is 153 Å². The van der Waals surface area contributed by atoms with Gasteiger partial charge in [0.25, 0.3) is 5.91 Å². The van der Waals surface area contributed by atoms with Gasteiger partial charge in [0.05, 0.1) is 18.4 Å². The van der Waals surface area contributed by atoms with Crippen LogP contribution in [0.3, 0.4) is 0 Å². The number of carbonyl (C=O) groups excluding carboxylic acids is 1. The fourth-order valence-electron chi connectivity index (χ4n) is 2.71. The first kappa shape index (κ1) is 17.9. The highest BCUT2D eigenvalue weighted by atomic mass is 16.5. The monoisotopic (exact) mass is 350 g/mol. The maximum absolute atomic E-state index is 12.6. The highest BCUT2D eigenvalue weighted by Crippen LogP contribution is 2.28. The minimum Gasteiger partial charge on any atom is -0.436 e. The summed E-state index contributed by atoms with van der Waals surface area (Å²) >= 11 is 0. The summed E-state index contributed by atoms with van der Waals surface area (Å²) in [6.45, 7) is 4.38. The van der Waals surface area contributed by atoms with E-state index in [9.17, 15) is 4.79 Å². The van der Waals surface area contributed by atoms with Crippen LogP contribution in [0.4, 0.5) is 0 Å². The van der Waals surface area contributed by atoms with Crippen molar-refractivity contribution >= 4 is 5.91 Å². The number of amides is 1. The number of hydrogen-bond acceptors (Lipinski definition) is 4. The molecule has 0 aliphatic heterocycles. The third-order valence-electron chi connectivity index (χ3n) is 4.04.